The molecule has 1 atom stereocenters. The first-order valence-electron chi connectivity index (χ1n) is 10.9. The molecule has 0 bridgehead atoms. The summed E-state index contributed by atoms with van der Waals surface area (Å²) in [5.74, 6) is 2.04. The second-order valence-electron chi connectivity index (χ2n) is 8.30. The average molecular weight is 510 g/mol. The van der Waals surface area contributed by atoms with Crippen LogP contribution in [0.3, 0.4) is 0 Å². The number of benzene rings is 1. The quantitative estimate of drug-likeness (QED) is 0.536. The number of hydrogen-bond donors (Lipinski definition) is 0. The van der Waals surface area contributed by atoms with E-state index in [1.54, 1.807) is 17.4 Å². The van der Waals surface area contributed by atoms with Gasteiger partial charge in [0.25, 0.3) is 0 Å². The average Bonchev–Trinajstić information content (AvgIpc) is 3.48. The molecule has 0 N–H and O–H groups in total. The molecule has 0 saturated carbocycles. The van der Waals surface area contributed by atoms with Crippen LogP contribution in [0.5, 0.6) is 0 Å². The number of hydrogen-bond acceptors (Lipinski definition) is 6. The number of carbonyl (C=O) groups is 2. The van der Waals surface area contributed by atoms with Crippen molar-refractivity contribution in [3.8, 4) is 5.82 Å². The topological polar surface area (TPSA) is 87.5 Å². The molecule has 9 nitrogen and oxygen atoms in total. The number of piperazine rings is 1. The normalized spacial score (nSPS) is 18.8. The van der Waals surface area contributed by atoms with Crippen LogP contribution >= 0.6 is 15.9 Å². The Morgan fingerprint density at radius 1 is 1.09 bits per heavy atom. The molecule has 1 aromatic carbocycles. The predicted molar refractivity (Wildman–Crippen MR) is 127 cm³/mol. The van der Waals surface area contributed by atoms with Gasteiger partial charge >= 0.3 is 0 Å². The third-order valence-corrected chi connectivity index (χ3v) is 6.58. The summed E-state index contributed by atoms with van der Waals surface area (Å²) in [6.07, 6.45) is 5.53. The highest BCUT2D eigenvalue weighted by molar-refractivity contribution is 9.10. The molecule has 0 radical (unpaired) electrons. The molecule has 2 saturated heterocycles. The van der Waals surface area contributed by atoms with Crippen molar-refractivity contribution in [2.45, 2.75) is 13.3 Å². The number of halogens is 1. The summed E-state index contributed by atoms with van der Waals surface area (Å²) in [5, 5.41) is 0. The van der Waals surface area contributed by atoms with Gasteiger partial charge in [-0.1, -0.05) is 22.0 Å². The van der Waals surface area contributed by atoms with Crippen molar-refractivity contribution in [2.75, 3.05) is 42.5 Å². The summed E-state index contributed by atoms with van der Waals surface area (Å²) in [6.45, 7) is 4.86. The van der Waals surface area contributed by atoms with Gasteiger partial charge in [-0.3, -0.25) is 14.2 Å². The number of aromatic nitrogens is 4. The minimum atomic E-state index is -0.308. The SMILES string of the molecule is Cc1nc(N2CCN(C(=O)C3CC(=O)N(c4cccc(Br)c4)C3)CC2)cc(-n2ccnc2)n1. The maximum atomic E-state index is 13.2. The fraction of sp³-hybridized carbons (Fsp3) is 0.348. The van der Waals surface area contributed by atoms with E-state index in [0.29, 0.717) is 38.5 Å². The van der Waals surface area contributed by atoms with Crippen molar-refractivity contribution < 1.29 is 9.59 Å². The Balaban J connectivity index is 1.23. The van der Waals surface area contributed by atoms with Gasteiger partial charge in [-0.15, -0.1) is 0 Å². The first kappa shape index (κ1) is 21.6. The van der Waals surface area contributed by atoms with Crippen molar-refractivity contribution in [1.82, 2.24) is 24.4 Å². The van der Waals surface area contributed by atoms with Gasteiger partial charge in [0.05, 0.1) is 5.92 Å². The number of amides is 2. The highest BCUT2D eigenvalue weighted by atomic mass is 79.9. The maximum Gasteiger partial charge on any atom is 0.228 e. The van der Waals surface area contributed by atoms with Gasteiger partial charge in [0.2, 0.25) is 11.8 Å². The van der Waals surface area contributed by atoms with Crippen LogP contribution in [0.15, 0.2) is 53.5 Å². The second kappa shape index (κ2) is 8.93. The van der Waals surface area contributed by atoms with E-state index in [1.165, 1.54) is 0 Å². The van der Waals surface area contributed by atoms with Gasteiger partial charge in [-0.05, 0) is 25.1 Å². The monoisotopic (exact) mass is 509 g/mol. The summed E-state index contributed by atoms with van der Waals surface area (Å²) in [7, 11) is 0. The Kier molecular flexibility index (Phi) is 5.84. The van der Waals surface area contributed by atoms with Crippen molar-refractivity contribution in [1.29, 1.82) is 0 Å². The van der Waals surface area contributed by atoms with Crippen LogP contribution in [0.25, 0.3) is 5.82 Å². The van der Waals surface area contributed by atoms with Gasteiger partial charge in [-0.2, -0.15) is 0 Å². The second-order valence-corrected chi connectivity index (χ2v) is 9.21. The van der Waals surface area contributed by atoms with Gasteiger partial charge in [0.1, 0.15) is 23.8 Å². The van der Waals surface area contributed by atoms with E-state index in [-0.39, 0.29) is 24.2 Å². The Morgan fingerprint density at radius 3 is 2.61 bits per heavy atom. The van der Waals surface area contributed by atoms with Crippen molar-refractivity contribution in [2.24, 2.45) is 5.92 Å². The number of carbonyl (C=O) groups excluding carboxylic acids is 2. The van der Waals surface area contributed by atoms with Crippen LogP contribution in [-0.2, 0) is 9.59 Å². The zero-order valence-electron chi connectivity index (χ0n) is 18.3. The van der Waals surface area contributed by atoms with Gasteiger partial charge in [0.15, 0.2) is 0 Å². The van der Waals surface area contributed by atoms with Crippen molar-refractivity contribution in [3.63, 3.8) is 0 Å². The molecule has 170 valence electrons. The molecule has 1 unspecified atom stereocenters. The summed E-state index contributed by atoms with van der Waals surface area (Å²) in [5.41, 5.74) is 0.822. The summed E-state index contributed by atoms with van der Waals surface area (Å²) < 4.78 is 2.77. The van der Waals surface area contributed by atoms with E-state index in [2.05, 4.69) is 35.8 Å². The van der Waals surface area contributed by atoms with Crippen LogP contribution in [0.2, 0.25) is 0 Å². The zero-order valence-corrected chi connectivity index (χ0v) is 19.8. The van der Waals surface area contributed by atoms with E-state index in [1.807, 2.05) is 52.9 Å². The minimum Gasteiger partial charge on any atom is -0.353 e. The smallest absolute Gasteiger partial charge is 0.228 e. The van der Waals surface area contributed by atoms with E-state index in [4.69, 9.17) is 0 Å². The highest BCUT2D eigenvalue weighted by Crippen LogP contribution is 2.29. The number of nitrogens with zero attached hydrogens (tertiary/aromatic N) is 7. The zero-order chi connectivity index (χ0) is 22.9. The molecular formula is C23H24BrN7O2. The molecule has 4 heterocycles. The summed E-state index contributed by atoms with van der Waals surface area (Å²) in [4.78, 5) is 44.7. The fourth-order valence-electron chi connectivity index (χ4n) is 4.41. The lowest BCUT2D eigenvalue weighted by molar-refractivity contribution is -0.136. The molecule has 3 aromatic rings. The lowest BCUT2D eigenvalue weighted by Gasteiger charge is -2.36. The van der Waals surface area contributed by atoms with Crippen molar-refractivity contribution in [3.05, 3.63) is 59.3 Å². The predicted octanol–water partition coefficient (Wildman–Crippen LogP) is 2.43. The Hall–Kier alpha value is -3.27. The maximum absolute atomic E-state index is 13.2. The third kappa shape index (κ3) is 4.47. The summed E-state index contributed by atoms with van der Waals surface area (Å²) in [6, 6.07) is 9.57. The van der Waals surface area contributed by atoms with Crippen LogP contribution in [0.4, 0.5) is 11.5 Å². The van der Waals surface area contributed by atoms with Gasteiger partial charge < -0.3 is 14.7 Å². The first-order valence-corrected chi connectivity index (χ1v) is 11.7. The summed E-state index contributed by atoms with van der Waals surface area (Å²) >= 11 is 3.45. The van der Waals surface area contributed by atoms with E-state index < -0.39 is 0 Å². The molecule has 5 rings (SSSR count). The Labute approximate surface area is 200 Å². The molecule has 2 aromatic heterocycles. The molecule has 33 heavy (non-hydrogen) atoms. The number of aryl methyl sites for hydroxylation is 1. The van der Waals surface area contributed by atoms with Crippen LogP contribution in [0, 0.1) is 12.8 Å². The Bertz CT molecular complexity index is 1180. The Morgan fingerprint density at radius 2 is 1.88 bits per heavy atom. The van der Waals surface area contributed by atoms with Gasteiger partial charge in [0, 0.05) is 67.8 Å². The minimum absolute atomic E-state index is 0.00595. The van der Waals surface area contributed by atoms with Gasteiger partial charge in [-0.25, -0.2) is 15.0 Å². The third-order valence-electron chi connectivity index (χ3n) is 6.09. The molecule has 2 amide bonds. The van der Waals surface area contributed by atoms with E-state index in [0.717, 1.165) is 21.8 Å². The molecule has 10 heteroatoms. The van der Waals surface area contributed by atoms with Crippen LogP contribution < -0.4 is 9.80 Å². The van der Waals surface area contributed by atoms with Crippen LogP contribution in [-0.4, -0.2) is 69.0 Å². The fourth-order valence-corrected chi connectivity index (χ4v) is 4.79. The first-order chi connectivity index (χ1) is 16.0. The molecule has 0 spiro atoms. The lowest BCUT2D eigenvalue weighted by atomic mass is 10.1. The molecule has 0 aliphatic carbocycles. The molecule has 2 aliphatic rings. The molecule has 2 fully saturated rings. The van der Waals surface area contributed by atoms with E-state index in [9.17, 15) is 9.59 Å². The number of anilines is 2. The van der Waals surface area contributed by atoms with Crippen molar-refractivity contribution >= 4 is 39.2 Å². The molecule has 2 aliphatic heterocycles. The number of rotatable bonds is 4. The highest BCUT2D eigenvalue weighted by Gasteiger charge is 2.38. The molecular weight excluding hydrogens is 486 g/mol. The van der Waals surface area contributed by atoms with Crippen LogP contribution in [0.1, 0.15) is 12.2 Å². The standard InChI is InChI=1S/C23H24BrN7O2/c1-16-26-20(13-21(27-16)30-6-5-25-15-30)28-7-9-29(10-8-28)23(33)17-11-22(32)31(14-17)19-4-2-3-18(24)12-19/h2-6,12-13,15,17H,7-11,14H2,1H3. The lowest BCUT2D eigenvalue weighted by Crippen LogP contribution is -2.51. The largest absolute Gasteiger partial charge is 0.353 e. The van der Waals surface area contributed by atoms with E-state index >= 15 is 0 Å². The number of imidazole rings is 1.